The van der Waals surface area contributed by atoms with Crippen molar-refractivity contribution < 1.29 is 4.79 Å². The number of carbonyl (C=O) groups is 1. The Morgan fingerprint density at radius 3 is 2.30 bits per heavy atom. The van der Waals surface area contributed by atoms with E-state index in [9.17, 15) is 4.79 Å². The van der Waals surface area contributed by atoms with E-state index in [0.29, 0.717) is 13.0 Å². The number of hydrogen-bond acceptors (Lipinski definition) is 2. The highest BCUT2D eigenvalue weighted by molar-refractivity contribution is 14.0. The van der Waals surface area contributed by atoms with Gasteiger partial charge in [0.15, 0.2) is 5.96 Å². The molecule has 0 aromatic heterocycles. The summed E-state index contributed by atoms with van der Waals surface area (Å²) in [6.45, 7) is 6.21. The third kappa shape index (κ3) is 8.20. The predicted octanol–water partition coefficient (Wildman–Crippen LogP) is 2.49. The number of guanidine groups is 1. The van der Waals surface area contributed by atoms with E-state index in [1.807, 2.05) is 14.0 Å². The van der Waals surface area contributed by atoms with Gasteiger partial charge in [-0.1, -0.05) is 29.8 Å². The molecular formula is C17H29IN4O. The second-order valence-corrected chi connectivity index (χ2v) is 5.62. The molecule has 1 aromatic carbocycles. The third-order valence-electron chi connectivity index (χ3n) is 3.32. The van der Waals surface area contributed by atoms with Crippen LogP contribution in [0.5, 0.6) is 0 Å². The van der Waals surface area contributed by atoms with Crippen molar-refractivity contribution in [2.75, 3.05) is 34.2 Å². The fourth-order valence-electron chi connectivity index (χ4n) is 1.99. The van der Waals surface area contributed by atoms with E-state index in [-0.39, 0.29) is 29.9 Å². The number of nitrogens with one attached hydrogen (secondary N) is 1. The van der Waals surface area contributed by atoms with Crippen LogP contribution < -0.4 is 5.32 Å². The molecular weight excluding hydrogens is 403 g/mol. The Hall–Kier alpha value is -1.31. The average Bonchev–Trinajstić information content (AvgIpc) is 2.48. The van der Waals surface area contributed by atoms with Gasteiger partial charge in [-0.2, -0.15) is 0 Å². The molecule has 0 fully saturated rings. The summed E-state index contributed by atoms with van der Waals surface area (Å²) in [5.74, 6) is 0.926. The molecule has 1 N–H and O–H groups in total. The second-order valence-electron chi connectivity index (χ2n) is 5.62. The van der Waals surface area contributed by atoms with Gasteiger partial charge >= 0.3 is 0 Å². The van der Waals surface area contributed by atoms with Crippen LogP contribution >= 0.6 is 24.0 Å². The van der Waals surface area contributed by atoms with Gasteiger partial charge in [-0.3, -0.25) is 9.79 Å². The van der Waals surface area contributed by atoms with E-state index in [2.05, 4.69) is 46.4 Å². The molecule has 0 aliphatic rings. The number of aryl methyl sites for hydroxylation is 1. The summed E-state index contributed by atoms with van der Waals surface area (Å²) >= 11 is 0. The molecule has 0 aliphatic heterocycles. The van der Waals surface area contributed by atoms with Gasteiger partial charge in [-0.25, -0.2) is 0 Å². The highest BCUT2D eigenvalue weighted by Gasteiger charge is 2.08. The van der Waals surface area contributed by atoms with Crippen molar-refractivity contribution in [3.8, 4) is 0 Å². The normalized spacial score (nSPS) is 10.7. The van der Waals surface area contributed by atoms with Crippen LogP contribution in [0.25, 0.3) is 0 Å². The molecule has 0 heterocycles. The lowest BCUT2D eigenvalue weighted by atomic mass is 10.1. The zero-order chi connectivity index (χ0) is 16.5. The third-order valence-corrected chi connectivity index (χ3v) is 3.32. The summed E-state index contributed by atoms with van der Waals surface area (Å²) in [7, 11) is 5.54. The fraction of sp³-hybridized carbons (Fsp3) is 0.529. The van der Waals surface area contributed by atoms with E-state index >= 15 is 0 Å². The lowest BCUT2D eigenvalue weighted by molar-refractivity contribution is -0.128. The first-order valence-corrected chi connectivity index (χ1v) is 7.69. The van der Waals surface area contributed by atoms with E-state index < -0.39 is 0 Å². The van der Waals surface area contributed by atoms with Gasteiger partial charge in [0.25, 0.3) is 0 Å². The van der Waals surface area contributed by atoms with Crippen LogP contribution in [0.1, 0.15) is 24.5 Å². The standard InChI is InChI=1S/C17H28N4O.HI/c1-6-18-17(19-12-11-16(22)20(3)4)21(5)13-15-9-7-14(2)8-10-15;/h7-10H,6,11-13H2,1-5H3,(H,18,19);1H. The first-order valence-electron chi connectivity index (χ1n) is 7.69. The summed E-state index contributed by atoms with van der Waals surface area (Å²) < 4.78 is 0. The number of halogens is 1. The van der Waals surface area contributed by atoms with Gasteiger partial charge in [0.2, 0.25) is 5.91 Å². The molecule has 0 unspecified atom stereocenters. The number of aliphatic imine (C=N–C) groups is 1. The molecule has 5 nitrogen and oxygen atoms in total. The van der Waals surface area contributed by atoms with Gasteiger partial charge in [-0.05, 0) is 19.4 Å². The summed E-state index contributed by atoms with van der Waals surface area (Å²) in [4.78, 5) is 19.8. The van der Waals surface area contributed by atoms with E-state index in [0.717, 1.165) is 19.0 Å². The van der Waals surface area contributed by atoms with E-state index in [1.54, 1.807) is 19.0 Å². The fourth-order valence-corrected chi connectivity index (χ4v) is 1.99. The Labute approximate surface area is 157 Å². The van der Waals surface area contributed by atoms with Gasteiger partial charge in [-0.15, -0.1) is 24.0 Å². The largest absolute Gasteiger partial charge is 0.357 e. The van der Waals surface area contributed by atoms with Gasteiger partial charge in [0.1, 0.15) is 0 Å². The molecule has 0 spiro atoms. The monoisotopic (exact) mass is 432 g/mol. The Bertz CT molecular complexity index is 500. The van der Waals surface area contributed by atoms with Gasteiger partial charge in [0, 0.05) is 40.7 Å². The second kappa shape index (κ2) is 11.3. The Kier molecular flexibility index (Phi) is 10.6. The minimum atomic E-state index is 0. The minimum absolute atomic E-state index is 0. The van der Waals surface area contributed by atoms with Crippen molar-refractivity contribution in [1.82, 2.24) is 15.1 Å². The number of amides is 1. The van der Waals surface area contributed by atoms with Crippen LogP contribution in [-0.2, 0) is 11.3 Å². The highest BCUT2D eigenvalue weighted by atomic mass is 127. The molecule has 1 aromatic rings. The maximum absolute atomic E-state index is 11.6. The summed E-state index contributed by atoms with van der Waals surface area (Å²) in [6, 6.07) is 8.49. The lowest BCUT2D eigenvalue weighted by Gasteiger charge is -2.22. The molecule has 0 radical (unpaired) electrons. The summed E-state index contributed by atoms with van der Waals surface area (Å²) in [5.41, 5.74) is 2.50. The van der Waals surface area contributed by atoms with Crippen molar-refractivity contribution in [2.45, 2.75) is 26.8 Å². The smallest absolute Gasteiger partial charge is 0.223 e. The topological polar surface area (TPSA) is 47.9 Å². The van der Waals surface area contributed by atoms with E-state index in [4.69, 9.17) is 0 Å². The summed E-state index contributed by atoms with van der Waals surface area (Å²) in [6.07, 6.45) is 0.431. The predicted molar refractivity (Wildman–Crippen MR) is 107 cm³/mol. The number of nitrogens with zero attached hydrogens (tertiary/aromatic N) is 3. The molecule has 23 heavy (non-hydrogen) atoms. The molecule has 6 heteroatoms. The van der Waals surface area contributed by atoms with Gasteiger partial charge < -0.3 is 15.1 Å². The van der Waals surface area contributed by atoms with Crippen LogP contribution in [0.3, 0.4) is 0 Å². The summed E-state index contributed by atoms with van der Waals surface area (Å²) in [5, 5.41) is 3.27. The zero-order valence-electron chi connectivity index (χ0n) is 14.8. The van der Waals surface area contributed by atoms with Crippen LogP contribution in [0.4, 0.5) is 0 Å². The molecule has 0 atom stereocenters. The van der Waals surface area contributed by atoms with Crippen molar-refractivity contribution >= 4 is 35.8 Å². The molecule has 0 saturated heterocycles. The molecule has 0 bridgehead atoms. The highest BCUT2D eigenvalue weighted by Crippen LogP contribution is 2.06. The van der Waals surface area contributed by atoms with Crippen LogP contribution in [-0.4, -0.2) is 55.9 Å². The Balaban J connectivity index is 0.00000484. The Morgan fingerprint density at radius 2 is 1.78 bits per heavy atom. The average molecular weight is 432 g/mol. The first-order chi connectivity index (χ1) is 10.4. The molecule has 0 aliphatic carbocycles. The molecule has 130 valence electrons. The van der Waals surface area contributed by atoms with Crippen molar-refractivity contribution in [2.24, 2.45) is 4.99 Å². The SMILES string of the molecule is CCNC(=NCCC(=O)N(C)C)N(C)Cc1ccc(C)cc1.I. The lowest BCUT2D eigenvalue weighted by Crippen LogP contribution is -2.38. The van der Waals surface area contributed by atoms with Gasteiger partial charge in [0.05, 0.1) is 6.54 Å². The number of carbonyl (C=O) groups excluding carboxylic acids is 1. The molecule has 1 amide bonds. The van der Waals surface area contributed by atoms with Crippen LogP contribution in [0.2, 0.25) is 0 Å². The van der Waals surface area contributed by atoms with Crippen molar-refractivity contribution in [3.63, 3.8) is 0 Å². The van der Waals surface area contributed by atoms with Crippen molar-refractivity contribution in [3.05, 3.63) is 35.4 Å². The van der Waals surface area contributed by atoms with Crippen LogP contribution in [0.15, 0.2) is 29.3 Å². The number of hydrogen-bond donors (Lipinski definition) is 1. The maximum atomic E-state index is 11.6. The minimum Gasteiger partial charge on any atom is -0.357 e. The zero-order valence-corrected chi connectivity index (χ0v) is 17.1. The maximum Gasteiger partial charge on any atom is 0.223 e. The van der Waals surface area contributed by atoms with Crippen LogP contribution in [0, 0.1) is 6.92 Å². The molecule has 1 rings (SSSR count). The van der Waals surface area contributed by atoms with Crippen molar-refractivity contribution in [1.29, 1.82) is 0 Å². The van der Waals surface area contributed by atoms with E-state index in [1.165, 1.54) is 11.1 Å². The number of benzene rings is 1. The Morgan fingerprint density at radius 1 is 1.17 bits per heavy atom. The molecule has 0 saturated carbocycles. The first kappa shape index (κ1) is 21.7. The quantitative estimate of drug-likeness (QED) is 0.427. The number of rotatable bonds is 6.